The fourth-order valence-corrected chi connectivity index (χ4v) is 5.54. The van der Waals surface area contributed by atoms with Gasteiger partial charge < -0.3 is 23.9 Å². The van der Waals surface area contributed by atoms with E-state index in [0.29, 0.717) is 41.3 Å². The zero-order chi connectivity index (χ0) is 27.8. The number of hydrogen-bond donors (Lipinski definition) is 1. The van der Waals surface area contributed by atoms with Crippen LogP contribution < -0.4 is 9.47 Å². The van der Waals surface area contributed by atoms with Crippen LogP contribution in [0.15, 0.2) is 42.5 Å². The fraction of sp³-hybridized carbons (Fsp3) is 0.345. The van der Waals surface area contributed by atoms with Gasteiger partial charge in [-0.3, -0.25) is 4.90 Å². The molecular formula is C29H28Cl2N4O5. The van der Waals surface area contributed by atoms with Gasteiger partial charge in [0.15, 0.2) is 0 Å². The van der Waals surface area contributed by atoms with Crippen molar-refractivity contribution in [3.8, 4) is 11.6 Å². The Labute approximate surface area is 241 Å². The van der Waals surface area contributed by atoms with Crippen molar-refractivity contribution in [2.24, 2.45) is 0 Å². The van der Waals surface area contributed by atoms with Crippen LogP contribution in [0.5, 0.6) is 11.6 Å². The molecule has 2 aliphatic rings. The van der Waals surface area contributed by atoms with E-state index in [1.165, 1.54) is 0 Å². The molecule has 11 heteroatoms. The number of imidazole rings is 1. The van der Waals surface area contributed by atoms with Crippen molar-refractivity contribution in [2.45, 2.75) is 45.2 Å². The van der Waals surface area contributed by atoms with E-state index in [4.69, 9.17) is 47.4 Å². The van der Waals surface area contributed by atoms with E-state index in [9.17, 15) is 9.90 Å². The summed E-state index contributed by atoms with van der Waals surface area (Å²) < 4.78 is 19.0. The summed E-state index contributed by atoms with van der Waals surface area (Å²) in [6, 6.07) is 12.4. The van der Waals surface area contributed by atoms with E-state index in [1.807, 2.05) is 18.2 Å². The third kappa shape index (κ3) is 5.47. The number of hydrogen-bond acceptors (Lipinski definition) is 7. The first-order chi connectivity index (χ1) is 19.4. The number of methoxy groups -OCH3 is 1. The van der Waals surface area contributed by atoms with E-state index in [1.54, 1.807) is 31.4 Å². The number of ether oxygens (including phenoxy) is 3. The molecule has 0 bridgehead atoms. The Kier molecular flexibility index (Phi) is 7.55. The second kappa shape index (κ2) is 11.2. The van der Waals surface area contributed by atoms with Gasteiger partial charge >= 0.3 is 5.97 Å². The molecule has 2 aromatic heterocycles. The summed E-state index contributed by atoms with van der Waals surface area (Å²) in [4.78, 5) is 23.5. The van der Waals surface area contributed by atoms with Crippen molar-refractivity contribution < 1.29 is 24.1 Å². The van der Waals surface area contributed by atoms with Gasteiger partial charge in [0, 0.05) is 25.3 Å². The van der Waals surface area contributed by atoms with Crippen LogP contribution in [0, 0.1) is 0 Å². The van der Waals surface area contributed by atoms with Crippen molar-refractivity contribution in [1.82, 2.24) is 19.4 Å². The van der Waals surface area contributed by atoms with Gasteiger partial charge in [0.25, 0.3) is 0 Å². The van der Waals surface area contributed by atoms with Gasteiger partial charge in [-0.2, -0.15) is 0 Å². The number of aromatic nitrogens is 3. The maximum absolute atomic E-state index is 11.6. The molecule has 0 radical (unpaired) electrons. The van der Waals surface area contributed by atoms with Gasteiger partial charge in [-0.1, -0.05) is 29.3 Å². The number of fused-ring (bicyclic) bond motifs is 2. The summed E-state index contributed by atoms with van der Waals surface area (Å²) in [5.74, 6) is 0.955. The number of benzene rings is 2. The van der Waals surface area contributed by atoms with Crippen molar-refractivity contribution in [3.05, 3.63) is 80.7 Å². The number of carbonyl (C=O) groups is 1. The molecule has 40 heavy (non-hydrogen) atoms. The topological polar surface area (TPSA) is 98.9 Å². The molecular weight excluding hydrogens is 555 g/mol. The monoisotopic (exact) mass is 582 g/mol. The Morgan fingerprint density at radius 3 is 2.73 bits per heavy atom. The summed E-state index contributed by atoms with van der Waals surface area (Å²) in [7, 11) is 1.59. The molecule has 0 unspecified atom stereocenters. The van der Waals surface area contributed by atoms with E-state index < -0.39 is 5.97 Å². The van der Waals surface area contributed by atoms with Gasteiger partial charge in [-0.15, -0.1) is 0 Å². The molecule has 208 valence electrons. The van der Waals surface area contributed by atoms with E-state index in [-0.39, 0.29) is 18.3 Å². The van der Waals surface area contributed by atoms with Gasteiger partial charge in [0.1, 0.15) is 23.2 Å². The Morgan fingerprint density at radius 2 is 2.00 bits per heavy atom. The van der Waals surface area contributed by atoms with E-state index in [0.717, 1.165) is 59.7 Å². The lowest BCUT2D eigenvalue weighted by Crippen LogP contribution is -2.34. The molecule has 0 amide bonds. The van der Waals surface area contributed by atoms with Crippen molar-refractivity contribution >= 4 is 40.2 Å². The second-order valence-electron chi connectivity index (χ2n) is 10.0. The number of nitrogens with zero attached hydrogens (tertiary/aromatic N) is 4. The summed E-state index contributed by atoms with van der Waals surface area (Å²) in [6.45, 7) is 3.62. The number of rotatable bonds is 9. The lowest BCUT2D eigenvalue weighted by Gasteiger charge is -2.30. The Morgan fingerprint density at radius 1 is 1.15 bits per heavy atom. The highest BCUT2D eigenvalue weighted by molar-refractivity contribution is 6.32. The summed E-state index contributed by atoms with van der Waals surface area (Å²) in [5, 5.41) is 10.5. The Balaban J connectivity index is 1.21. The lowest BCUT2D eigenvalue weighted by atomic mass is 10.1. The zero-order valence-corrected chi connectivity index (χ0v) is 23.4. The number of pyridine rings is 1. The predicted octanol–water partition coefficient (Wildman–Crippen LogP) is 5.37. The number of carboxylic acid groups (broad SMARTS) is 1. The smallest absolute Gasteiger partial charge is 0.335 e. The summed E-state index contributed by atoms with van der Waals surface area (Å²) in [6.07, 6.45) is 1.88. The van der Waals surface area contributed by atoms with Crippen molar-refractivity contribution in [3.63, 3.8) is 0 Å². The first-order valence-corrected chi connectivity index (χ1v) is 13.8. The largest absolute Gasteiger partial charge is 0.497 e. The summed E-state index contributed by atoms with van der Waals surface area (Å²) in [5.41, 5.74) is 4.63. The highest BCUT2D eigenvalue weighted by Gasteiger charge is 2.26. The molecule has 9 nitrogen and oxygen atoms in total. The molecule has 4 heterocycles. The molecule has 2 aliphatic heterocycles. The van der Waals surface area contributed by atoms with Gasteiger partial charge in [0.2, 0.25) is 5.88 Å². The average Bonchev–Trinajstić information content (AvgIpc) is 3.25. The van der Waals surface area contributed by atoms with Gasteiger partial charge in [-0.25, -0.2) is 14.8 Å². The van der Waals surface area contributed by atoms with E-state index in [2.05, 4.69) is 9.47 Å². The molecule has 0 aliphatic carbocycles. The van der Waals surface area contributed by atoms with Crippen LogP contribution in [0.4, 0.5) is 0 Å². The number of aromatic carboxylic acids is 1. The molecule has 1 N–H and O–H groups in total. The van der Waals surface area contributed by atoms with Gasteiger partial charge in [0.05, 0.1) is 53.6 Å². The SMILES string of the molecule is COc1ccc(COc2nc3c(cc2Cl)CCN(Cc2nc4ccc(C(=O)O)cc4n2C[C@@H]2CCO2)C3)c(Cl)c1. The standard InChI is InChI=1S/C29H28Cl2N4O5/c1-38-20-4-2-19(22(30)12-20)16-40-28-23(31)10-17-6-8-34(14-25(17)33-28)15-27-32-24-5-3-18(29(36)37)11-26(24)35(27)13-21-7-9-39-21/h2-5,10-12,21H,6-9,13-16H2,1H3,(H,36,37)/t21-/m0/s1. The zero-order valence-electron chi connectivity index (χ0n) is 21.9. The normalized spacial score (nSPS) is 16.9. The van der Waals surface area contributed by atoms with Crippen LogP contribution >= 0.6 is 23.2 Å². The van der Waals surface area contributed by atoms with Crippen LogP contribution in [-0.4, -0.2) is 56.9 Å². The minimum absolute atomic E-state index is 0.106. The lowest BCUT2D eigenvalue weighted by molar-refractivity contribution is -0.0592. The molecule has 4 aromatic rings. The van der Waals surface area contributed by atoms with Crippen LogP contribution in [0.3, 0.4) is 0 Å². The minimum atomic E-state index is -0.958. The second-order valence-corrected chi connectivity index (χ2v) is 10.8. The predicted molar refractivity (Wildman–Crippen MR) is 150 cm³/mol. The van der Waals surface area contributed by atoms with Crippen LogP contribution in [-0.2, 0) is 37.4 Å². The molecule has 0 saturated carbocycles. The van der Waals surface area contributed by atoms with Crippen LogP contribution in [0.2, 0.25) is 10.0 Å². The van der Waals surface area contributed by atoms with Gasteiger partial charge in [-0.05, 0) is 54.8 Å². The number of carboxylic acids is 1. The number of halogens is 2. The van der Waals surface area contributed by atoms with Crippen molar-refractivity contribution in [1.29, 1.82) is 0 Å². The minimum Gasteiger partial charge on any atom is -0.497 e. The molecule has 1 saturated heterocycles. The highest BCUT2D eigenvalue weighted by Crippen LogP contribution is 2.31. The molecule has 1 atom stereocenters. The molecule has 1 fully saturated rings. The molecule has 6 rings (SSSR count). The van der Waals surface area contributed by atoms with Crippen molar-refractivity contribution in [2.75, 3.05) is 20.3 Å². The first-order valence-electron chi connectivity index (χ1n) is 13.1. The third-order valence-electron chi connectivity index (χ3n) is 7.43. The Hall–Kier alpha value is -3.37. The fourth-order valence-electron chi connectivity index (χ4n) is 5.09. The quantitative estimate of drug-likeness (QED) is 0.281. The van der Waals surface area contributed by atoms with E-state index >= 15 is 0 Å². The maximum atomic E-state index is 11.6. The molecule has 0 spiro atoms. The molecule has 2 aromatic carbocycles. The van der Waals surface area contributed by atoms with Crippen LogP contribution in [0.25, 0.3) is 11.0 Å². The third-order valence-corrected chi connectivity index (χ3v) is 8.05. The first kappa shape index (κ1) is 26.8. The summed E-state index contributed by atoms with van der Waals surface area (Å²) >= 11 is 12.9. The average molecular weight is 583 g/mol. The maximum Gasteiger partial charge on any atom is 0.335 e. The van der Waals surface area contributed by atoms with Crippen LogP contribution in [0.1, 0.15) is 39.4 Å². The highest BCUT2D eigenvalue weighted by atomic mass is 35.5. The Bertz CT molecular complexity index is 1590.